The number of hydrogen-bond donors (Lipinski definition) is 2. The third kappa shape index (κ3) is 4.65. The van der Waals surface area contributed by atoms with Crippen molar-refractivity contribution in [3.8, 4) is 0 Å². The Morgan fingerprint density at radius 1 is 1.19 bits per heavy atom. The number of fused-ring (bicyclic) bond motifs is 1. The fourth-order valence-corrected chi connectivity index (χ4v) is 8.05. The Balaban J connectivity index is 1.17. The molecule has 196 valence electrons. The number of piperidine rings is 1. The minimum Gasteiger partial charge on any atom is -0.368 e. The number of anilines is 2. The van der Waals surface area contributed by atoms with Crippen LogP contribution in [0.1, 0.15) is 51.0 Å². The van der Waals surface area contributed by atoms with E-state index in [4.69, 9.17) is 4.98 Å². The van der Waals surface area contributed by atoms with E-state index < -0.39 is 16.4 Å². The molecule has 3 aliphatic heterocycles. The molecule has 0 amide bonds. The lowest BCUT2D eigenvalue weighted by Crippen LogP contribution is -2.57. The van der Waals surface area contributed by atoms with Gasteiger partial charge in [-0.3, -0.25) is 0 Å². The molecule has 4 aliphatic rings. The zero-order valence-corrected chi connectivity index (χ0v) is 21.5. The molecule has 3 saturated heterocycles. The van der Waals surface area contributed by atoms with Crippen LogP contribution in [-0.2, 0) is 10.0 Å². The molecule has 1 aliphatic carbocycles. The Kier molecular flexibility index (Phi) is 5.88. The van der Waals surface area contributed by atoms with Crippen molar-refractivity contribution in [1.82, 2.24) is 19.6 Å². The van der Waals surface area contributed by atoms with E-state index >= 15 is 0 Å². The second-order valence-electron chi connectivity index (χ2n) is 11.6. The Morgan fingerprint density at radius 2 is 1.94 bits per heavy atom. The average Bonchev–Trinajstić information content (AvgIpc) is 3.32. The van der Waals surface area contributed by atoms with Gasteiger partial charge in [-0.25, -0.2) is 31.5 Å². The van der Waals surface area contributed by atoms with E-state index in [9.17, 15) is 17.2 Å². The van der Waals surface area contributed by atoms with Gasteiger partial charge in [-0.05, 0) is 56.2 Å². The highest BCUT2D eigenvalue weighted by atomic mass is 32.2. The first-order valence-electron chi connectivity index (χ1n) is 12.9. The van der Waals surface area contributed by atoms with E-state index in [2.05, 4.69) is 20.5 Å². The summed E-state index contributed by atoms with van der Waals surface area (Å²) in [5.41, 5.74) is 1.59. The fourth-order valence-electron chi connectivity index (χ4n) is 5.94. The van der Waals surface area contributed by atoms with Crippen LogP contribution in [0.5, 0.6) is 0 Å². The number of nitrogens with zero attached hydrogens (tertiary/aromatic N) is 4. The van der Waals surface area contributed by atoms with Gasteiger partial charge in [-0.15, -0.1) is 0 Å². The van der Waals surface area contributed by atoms with Gasteiger partial charge in [0, 0.05) is 61.3 Å². The molecule has 0 radical (unpaired) electrons. The zero-order chi connectivity index (χ0) is 25.1. The van der Waals surface area contributed by atoms with Gasteiger partial charge in [0.2, 0.25) is 16.0 Å². The monoisotopic (exact) mass is 520 g/mol. The zero-order valence-electron chi connectivity index (χ0n) is 20.6. The summed E-state index contributed by atoms with van der Waals surface area (Å²) in [5, 5.41) is 7.39. The first-order chi connectivity index (χ1) is 17.1. The highest BCUT2D eigenvalue weighted by molar-refractivity contribution is 7.89. The van der Waals surface area contributed by atoms with E-state index in [1.807, 2.05) is 6.92 Å². The van der Waals surface area contributed by atoms with Gasteiger partial charge in [-0.2, -0.15) is 0 Å². The molecule has 1 aromatic heterocycles. The van der Waals surface area contributed by atoms with E-state index in [-0.39, 0.29) is 28.2 Å². The molecule has 8 nitrogen and oxygen atoms in total. The standard InChI is InChI=1S/C25H34F2N6O2S/c1-24(4-5-24)16-36(34,35)33-8-2-19(3-9-33)30-23-29-12-18-10-17(22(26)27)11-20(21(18)31-23)32-14-25(15-32)6-7-28-13-25/h10-12,19,22,28H,2-9,13-16H2,1H3,(H,29,30,31). The van der Waals surface area contributed by atoms with Crippen molar-refractivity contribution in [2.45, 2.75) is 51.5 Å². The van der Waals surface area contributed by atoms with Crippen molar-refractivity contribution in [3.63, 3.8) is 0 Å². The van der Waals surface area contributed by atoms with Crippen LogP contribution in [-0.4, -0.2) is 73.8 Å². The minimum absolute atomic E-state index is 0.0130. The molecule has 1 spiro atoms. The molecule has 4 fully saturated rings. The Morgan fingerprint density at radius 3 is 2.58 bits per heavy atom. The summed E-state index contributed by atoms with van der Waals surface area (Å²) in [6.45, 7) is 6.64. The smallest absolute Gasteiger partial charge is 0.263 e. The molecule has 0 atom stereocenters. The van der Waals surface area contributed by atoms with Gasteiger partial charge in [0.1, 0.15) is 0 Å². The Bertz CT molecular complexity index is 1250. The summed E-state index contributed by atoms with van der Waals surface area (Å²) in [4.78, 5) is 11.3. The highest BCUT2D eigenvalue weighted by Crippen LogP contribution is 2.46. The lowest BCUT2D eigenvalue weighted by Gasteiger charge is -2.49. The number of halogens is 2. The predicted molar refractivity (Wildman–Crippen MR) is 136 cm³/mol. The number of aromatic nitrogens is 2. The summed E-state index contributed by atoms with van der Waals surface area (Å²) < 4.78 is 54.4. The van der Waals surface area contributed by atoms with Gasteiger partial charge in [-0.1, -0.05) is 6.92 Å². The average molecular weight is 521 g/mol. The number of rotatable bonds is 7. The number of sulfonamides is 1. The van der Waals surface area contributed by atoms with Crippen molar-refractivity contribution in [2.75, 3.05) is 55.2 Å². The number of alkyl halides is 2. The van der Waals surface area contributed by atoms with Crippen molar-refractivity contribution < 1.29 is 17.2 Å². The van der Waals surface area contributed by atoms with Crippen molar-refractivity contribution in [1.29, 1.82) is 0 Å². The molecular formula is C25H34F2N6O2S. The van der Waals surface area contributed by atoms with Crippen LogP contribution in [0.25, 0.3) is 10.9 Å². The molecular weight excluding hydrogens is 486 g/mol. The minimum atomic E-state index is -3.23. The van der Waals surface area contributed by atoms with E-state index in [1.165, 1.54) is 6.07 Å². The summed E-state index contributed by atoms with van der Waals surface area (Å²) in [6, 6.07) is 3.11. The second kappa shape index (κ2) is 8.73. The Hall–Kier alpha value is -2.11. The molecule has 11 heteroatoms. The van der Waals surface area contributed by atoms with Crippen LogP contribution in [0.4, 0.5) is 20.4 Å². The summed E-state index contributed by atoms with van der Waals surface area (Å²) >= 11 is 0. The van der Waals surface area contributed by atoms with E-state index in [0.29, 0.717) is 42.8 Å². The van der Waals surface area contributed by atoms with Crippen LogP contribution in [0, 0.1) is 10.8 Å². The number of nitrogens with one attached hydrogen (secondary N) is 2. The van der Waals surface area contributed by atoms with E-state index in [0.717, 1.165) is 51.1 Å². The van der Waals surface area contributed by atoms with Gasteiger partial charge in [0.15, 0.2) is 0 Å². The third-order valence-electron chi connectivity index (χ3n) is 8.48. The first kappa shape index (κ1) is 24.2. The molecule has 36 heavy (non-hydrogen) atoms. The summed E-state index contributed by atoms with van der Waals surface area (Å²) in [5.74, 6) is 0.696. The van der Waals surface area contributed by atoms with Crippen LogP contribution < -0.4 is 15.5 Å². The Labute approximate surface area is 210 Å². The largest absolute Gasteiger partial charge is 0.368 e. The van der Waals surface area contributed by atoms with Gasteiger partial charge >= 0.3 is 0 Å². The lowest BCUT2D eigenvalue weighted by atomic mass is 9.78. The summed E-state index contributed by atoms with van der Waals surface area (Å²) in [6.07, 6.45) is 3.48. The maximum Gasteiger partial charge on any atom is 0.263 e. The van der Waals surface area contributed by atoms with Crippen LogP contribution in [0.3, 0.4) is 0 Å². The second-order valence-corrected chi connectivity index (χ2v) is 13.6. The van der Waals surface area contributed by atoms with Crippen LogP contribution in [0.2, 0.25) is 0 Å². The SMILES string of the molecule is CC1(CS(=O)(=O)N2CCC(Nc3ncc4cc(C(F)F)cc(N5CC6(CCNC6)C5)c4n3)CC2)CC1. The molecule has 2 aromatic rings. The normalized spacial score (nSPS) is 23.9. The predicted octanol–water partition coefficient (Wildman–Crippen LogP) is 3.37. The van der Waals surface area contributed by atoms with Crippen molar-refractivity contribution >= 4 is 32.6 Å². The van der Waals surface area contributed by atoms with Crippen LogP contribution >= 0.6 is 0 Å². The fraction of sp³-hybridized carbons (Fsp3) is 0.680. The van der Waals surface area contributed by atoms with Crippen molar-refractivity contribution in [2.24, 2.45) is 10.8 Å². The molecule has 2 N–H and O–H groups in total. The maximum atomic E-state index is 13.6. The lowest BCUT2D eigenvalue weighted by molar-refractivity contribution is 0.151. The quantitative estimate of drug-likeness (QED) is 0.579. The molecule has 4 heterocycles. The molecule has 1 aromatic carbocycles. The molecule has 1 saturated carbocycles. The van der Waals surface area contributed by atoms with Gasteiger partial charge in [0.05, 0.1) is 17.0 Å². The molecule has 6 rings (SSSR count). The number of hydrogen-bond acceptors (Lipinski definition) is 7. The van der Waals surface area contributed by atoms with Gasteiger partial charge < -0.3 is 15.5 Å². The summed E-state index contributed by atoms with van der Waals surface area (Å²) in [7, 11) is -3.23. The molecule has 0 bridgehead atoms. The number of benzene rings is 1. The topological polar surface area (TPSA) is 90.5 Å². The van der Waals surface area contributed by atoms with E-state index in [1.54, 1.807) is 16.6 Å². The molecule has 0 unspecified atom stereocenters. The van der Waals surface area contributed by atoms with Crippen LogP contribution in [0.15, 0.2) is 18.3 Å². The van der Waals surface area contributed by atoms with Gasteiger partial charge in [0.25, 0.3) is 6.43 Å². The van der Waals surface area contributed by atoms with Crippen molar-refractivity contribution in [3.05, 3.63) is 23.9 Å². The third-order valence-corrected chi connectivity index (χ3v) is 10.7. The maximum absolute atomic E-state index is 13.6. The highest BCUT2D eigenvalue weighted by Gasteiger charge is 2.46. The first-order valence-corrected chi connectivity index (χ1v) is 14.5.